The molecule has 5 heteroatoms. The molecule has 0 spiro atoms. The third-order valence-corrected chi connectivity index (χ3v) is 6.60. The van der Waals surface area contributed by atoms with Gasteiger partial charge in [0.15, 0.2) is 0 Å². The number of imidazole rings is 1. The second kappa shape index (κ2) is 12.9. The van der Waals surface area contributed by atoms with Crippen molar-refractivity contribution in [3.05, 3.63) is 77.1 Å². The minimum absolute atomic E-state index is 0.0486. The summed E-state index contributed by atoms with van der Waals surface area (Å²) < 4.78 is 2.48. The van der Waals surface area contributed by atoms with E-state index in [1.54, 1.807) is 7.05 Å². The highest BCUT2D eigenvalue weighted by Gasteiger charge is 2.28. The molecular formula is C31H44N4O. The van der Waals surface area contributed by atoms with Gasteiger partial charge in [-0.25, -0.2) is 4.98 Å². The monoisotopic (exact) mass is 488 g/mol. The Kier molecular flexibility index (Phi) is 9.89. The van der Waals surface area contributed by atoms with Crippen LogP contribution in [0.3, 0.4) is 0 Å². The van der Waals surface area contributed by atoms with E-state index in [2.05, 4.69) is 91.9 Å². The Morgan fingerprint density at radius 2 is 1.61 bits per heavy atom. The Balaban J connectivity index is 2.00. The third-order valence-electron chi connectivity index (χ3n) is 6.60. The summed E-state index contributed by atoms with van der Waals surface area (Å²) in [6.07, 6.45) is 4.58. The number of carbonyl (C=O) groups excluding carboxylic acids is 1. The molecule has 0 fully saturated rings. The lowest BCUT2D eigenvalue weighted by molar-refractivity contribution is 0.0963. The highest BCUT2D eigenvalue weighted by Crippen LogP contribution is 2.32. The molecule has 3 aromatic rings. The molecule has 1 aromatic heterocycles. The van der Waals surface area contributed by atoms with Crippen molar-refractivity contribution in [2.45, 2.75) is 85.4 Å². The number of benzene rings is 2. The normalized spacial score (nSPS) is 11.8. The number of hydrogen-bond acceptors (Lipinski definition) is 3. The Morgan fingerprint density at radius 3 is 2.19 bits per heavy atom. The predicted molar refractivity (Wildman–Crippen MR) is 150 cm³/mol. The summed E-state index contributed by atoms with van der Waals surface area (Å²) in [5, 5.41) is 2.70. The van der Waals surface area contributed by atoms with Gasteiger partial charge in [0.05, 0.1) is 11.4 Å². The quantitative estimate of drug-likeness (QED) is 0.305. The van der Waals surface area contributed by atoms with Crippen LogP contribution in [-0.4, -0.2) is 34.0 Å². The van der Waals surface area contributed by atoms with Gasteiger partial charge < -0.3 is 9.88 Å². The van der Waals surface area contributed by atoms with Gasteiger partial charge in [-0.15, -0.1) is 0 Å². The molecule has 194 valence electrons. The molecule has 0 saturated heterocycles. The number of amides is 1. The van der Waals surface area contributed by atoms with E-state index in [1.165, 1.54) is 22.5 Å². The Hall–Kier alpha value is -2.92. The number of rotatable bonds is 12. The summed E-state index contributed by atoms with van der Waals surface area (Å²) >= 11 is 0. The minimum atomic E-state index is -0.0537. The molecule has 0 unspecified atom stereocenters. The van der Waals surface area contributed by atoms with E-state index in [0.717, 1.165) is 57.7 Å². The fourth-order valence-corrected chi connectivity index (χ4v) is 4.58. The summed E-state index contributed by atoms with van der Waals surface area (Å²) in [5.41, 5.74) is 5.56. The van der Waals surface area contributed by atoms with Crippen LogP contribution in [0.5, 0.6) is 0 Å². The van der Waals surface area contributed by atoms with Crippen LogP contribution in [-0.2, 0) is 25.0 Å². The topological polar surface area (TPSA) is 50.2 Å². The Morgan fingerprint density at radius 1 is 0.944 bits per heavy atom. The zero-order valence-corrected chi connectivity index (χ0v) is 23.1. The van der Waals surface area contributed by atoms with Gasteiger partial charge in [-0.3, -0.25) is 9.69 Å². The molecule has 0 aliphatic heterocycles. The average Bonchev–Trinajstić information content (AvgIpc) is 3.25. The maximum atomic E-state index is 12.0. The number of aromatic nitrogens is 2. The molecule has 0 aliphatic carbocycles. The predicted octanol–water partition coefficient (Wildman–Crippen LogP) is 6.81. The lowest BCUT2D eigenvalue weighted by atomic mass is 9.90. The van der Waals surface area contributed by atoms with Crippen molar-refractivity contribution in [2.75, 3.05) is 13.6 Å². The lowest BCUT2D eigenvalue weighted by Gasteiger charge is -2.26. The SMILES string of the molecule is CCCCN(Cc1ccc(C(=O)NC)cc1)Cc1c(C(C)(C)C)nc(-c2ccccc2)n1CCCC. The highest BCUT2D eigenvalue weighted by atomic mass is 16.1. The molecule has 1 N–H and O–H groups in total. The number of unbranched alkanes of at least 4 members (excludes halogenated alkanes) is 2. The van der Waals surface area contributed by atoms with Crippen LogP contribution >= 0.6 is 0 Å². The van der Waals surface area contributed by atoms with Crippen LogP contribution in [0.1, 0.15) is 87.6 Å². The zero-order valence-electron chi connectivity index (χ0n) is 23.1. The van der Waals surface area contributed by atoms with E-state index in [4.69, 9.17) is 4.98 Å². The summed E-state index contributed by atoms with van der Waals surface area (Å²) in [7, 11) is 1.67. The first kappa shape index (κ1) is 27.7. The molecule has 3 rings (SSSR count). The smallest absolute Gasteiger partial charge is 0.251 e. The van der Waals surface area contributed by atoms with Gasteiger partial charge in [-0.05, 0) is 37.1 Å². The van der Waals surface area contributed by atoms with Crippen molar-refractivity contribution in [1.29, 1.82) is 0 Å². The summed E-state index contributed by atoms with van der Waals surface area (Å²) in [6.45, 7) is 15.0. The molecule has 0 atom stereocenters. The molecule has 0 radical (unpaired) electrons. The molecule has 0 bridgehead atoms. The van der Waals surface area contributed by atoms with Gasteiger partial charge in [0.1, 0.15) is 5.82 Å². The molecule has 2 aromatic carbocycles. The number of nitrogens with zero attached hydrogens (tertiary/aromatic N) is 3. The van der Waals surface area contributed by atoms with Crippen LogP contribution in [0.25, 0.3) is 11.4 Å². The van der Waals surface area contributed by atoms with Crippen LogP contribution in [0.2, 0.25) is 0 Å². The van der Waals surface area contributed by atoms with Crippen molar-refractivity contribution < 1.29 is 4.79 Å². The Bertz CT molecular complexity index is 1090. The highest BCUT2D eigenvalue weighted by molar-refractivity contribution is 5.93. The second-order valence-corrected chi connectivity index (χ2v) is 10.7. The van der Waals surface area contributed by atoms with Crippen LogP contribution < -0.4 is 5.32 Å². The fraction of sp³-hybridized carbons (Fsp3) is 0.484. The zero-order chi connectivity index (χ0) is 26.1. The fourth-order valence-electron chi connectivity index (χ4n) is 4.58. The number of carbonyl (C=O) groups is 1. The van der Waals surface area contributed by atoms with E-state index < -0.39 is 0 Å². The Labute approximate surface area is 217 Å². The van der Waals surface area contributed by atoms with E-state index in [9.17, 15) is 4.79 Å². The number of nitrogens with one attached hydrogen (secondary N) is 1. The van der Waals surface area contributed by atoms with Crippen molar-refractivity contribution >= 4 is 5.91 Å². The van der Waals surface area contributed by atoms with E-state index >= 15 is 0 Å². The molecule has 0 aliphatic rings. The van der Waals surface area contributed by atoms with Crippen molar-refractivity contribution in [1.82, 2.24) is 19.8 Å². The standard InChI is InChI=1S/C31H44N4O/c1-7-9-20-34(22-24-16-18-26(19-17-24)30(36)32-6)23-27-28(31(3,4)5)33-29(35(27)21-10-8-2)25-14-12-11-13-15-25/h11-19H,7-10,20-23H2,1-6H3,(H,32,36). The van der Waals surface area contributed by atoms with Gasteiger partial charge >= 0.3 is 0 Å². The third kappa shape index (κ3) is 7.07. The first-order valence-corrected chi connectivity index (χ1v) is 13.5. The van der Waals surface area contributed by atoms with Crippen molar-refractivity contribution in [3.8, 4) is 11.4 Å². The minimum Gasteiger partial charge on any atom is -0.355 e. The van der Waals surface area contributed by atoms with Crippen LogP contribution in [0.4, 0.5) is 0 Å². The van der Waals surface area contributed by atoms with E-state index in [1.807, 2.05) is 12.1 Å². The molecule has 1 amide bonds. The van der Waals surface area contributed by atoms with E-state index in [-0.39, 0.29) is 11.3 Å². The second-order valence-electron chi connectivity index (χ2n) is 10.7. The lowest BCUT2D eigenvalue weighted by Crippen LogP contribution is -2.28. The average molecular weight is 489 g/mol. The van der Waals surface area contributed by atoms with E-state index in [0.29, 0.717) is 5.56 Å². The summed E-state index contributed by atoms with van der Waals surface area (Å²) in [4.78, 5) is 19.8. The van der Waals surface area contributed by atoms with Gasteiger partial charge in [0, 0.05) is 43.2 Å². The summed E-state index contributed by atoms with van der Waals surface area (Å²) in [6, 6.07) is 18.6. The largest absolute Gasteiger partial charge is 0.355 e. The first-order valence-electron chi connectivity index (χ1n) is 13.5. The number of hydrogen-bond donors (Lipinski definition) is 1. The molecule has 36 heavy (non-hydrogen) atoms. The van der Waals surface area contributed by atoms with Crippen molar-refractivity contribution in [3.63, 3.8) is 0 Å². The molecule has 1 heterocycles. The van der Waals surface area contributed by atoms with Gasteiger partial charge in [0.2, 0.25) is 0 Å². The van der Waals surface area contributed by atoms with Gasteiger partial charge in [-0.2, -0.15) is 0 Å². The van der Waals surface area contributed by atoms with Gasteiger partial charge in [-0.1, -0.05) is 89.9 Å². The molecule has 5 nitrogen and oxygen atoms in total. The van der Waals surface area contributed by atoms with Crippen LogP contribution in [0.15, 0.2) is 54.6 Å². The maximum absolute atomic E-state index is 12.0. The summed E-state index contributed by atoms with van der Waals surface area (Å²) in [5.74, 6) is 1.03. The molecular weight excluding hydrogens is 444 g/mol. The first-order chi connectivity index (χ1) is 17.3. The van der Waals surface area contributed by atoms with Crippen LogP contribution in [0, 0.1) is 0 Å². The molecule has 0 saturated carbocycles. The van der Waals surface area contributed by atoms with Gasteiger partial charge in [0.25, 0.3) is 5.91 Å². The van der Waals surface area contributed by atoms with Crippen molar-refractivity contribution in [2.24, 2.45) is 0 Å². The maximum Gasteiger partial charge on any atom is 0.251 e.